The molecule has 102 valence electrons. The normalized spacial score (nSPS) is 13.9. The molecule has 0 spiro atoms. The Kier molecular flexibility index (Phi) is 5.61. The quantitative estimate of drug-likeness (QED) is 0.700. The molecule has 1 rings (SSSR count). The molecule has 18 heavy (non-hydrogen) atoms. The van der Waals surface area contributed by atoms with E-state index in [2.05, 4.69) is 64.7 Å². The van der Waals surface area contributed by atoms with E-state index in [1.54, 1.807) is 0 Å². The molecule has 0 saturated carbocycles. The van der Waals surface area contributed by atoms with Crippen LogP contribution in [0.4, 0.5) is 0 Å². The predicted octanol–water partition coefficient (Wildman–Crippen LogP) is 4.18. The van der Waals surface area contributed by atoms with Crippen molar-refractivity contribution in [2.24, 2.45) is 5.92 Å². The van der Waals surface area contributed by atoms with E-state index in [0.29, 0.717) is 12.0 Å². The maximum atomic E-state index is 5.88. The van der Waals surface area contributed by atoms with Crippen LogP contribution < -0.4 is 5.19 Å². The summed E-state index contributed by atoms with van der Waals surface area (Å²) >= 11 is 0. The molecule has 2 heteroatoms. The Balaban J connectivity index is 2.49. The van der Waals surface area contributed by atoms with E-state index in [0.717, 1.165) is 13.0 Å². The highest BCUT2D eigenvalue weighted by Crippen LogP contribution is 2.11. The van der Waals surface area contributed by atoms with Gasteiger partial charge in [0.2, 0.25) is 0 Å². The summed E-state index contributed by atoms with van der Waals surface area (Å²) in [6.07, 6.45) is 1.48. The lowest BCUT2D eigenvalue weighted by Gasteiger charge is -2.18. The molecule has 0 amide bonds. The molecular formula is C16H28OSi. The number of benzene rings is 1. The topological polar surface area (TPSA) is 9.23 Å². The third-order valence-electron chi connectivity index (χ3n) is 3.16. The van der Waals surface area contributed by atoms with Crippen LogP contribution in [0.15, 0.2) is 24.3 Å². The van der Waals surface area contributed by atoms with Gasteiger partial charge >= 0.3 is 0 Å². The largest absolute Gasteiger partial charge is 0.374 e. The number of hydrogen-bond acceptors (Lipinski definition) is 1. The molecule has 1 unspecified atom stereocenters. The lowest BCUT2D eigenvalue weighted by atomic mass is 10.1. The second kappa shape index (κ2) is 6.53. The summed E-state index contributed by atoms with van der Waals surface area (Å²) < 4.78 is 5.88. The van der Waals surface area contributed by atoms with Crippen molar-refractivity contribution in [2.75, 3.05) is 0 Å². The minimum Gasteiger partial charge on any atom is -0.374 e. The third-order valence-corrected chi connectivity index (χ3v) is 5.22. The van der Waals surface area contributed by atoms with Gasteiger partial charge in [-0.15, -0.1) is 0 Å². The monoisotopic (exact) mass is 264 g/mol. The van der Waals surface area contributed by atoms with Crippen LogP contribution in [0, 0.1) is 5.92 Å². The van der Waals surface area contributed by atoms with Crippen LogP contribution in [0.2, 0.25) is 19.6 Å². The van der Waals surface area contributed by atoms with E-state index in [1.807, 2.05) is 0 Å². The summed E-state index contributed by atoms with van der Waals surface area (Å²) in [5.41, 5.74) is 1.28. The average Bonchev–Trinajstić information content (AvgIpc) is 2.25. The van der Waals surface area contributed by atoms with Crippen molar-refractivity contribution in [3.63, 3.8) is 0 Å². The minimum absolute atomic E-state index is 0.349. The van der Waals surface area contributed by atoms with Crippen molar-refractivity contribution >= 4 is 13.3 Å². The lowest BCUT2D eigenvalue weighted by Crippen LogP contribution is -2.37. The molecule has 0 aromatic heterocycles. The highest BCUT2D eigenvalue weighted by molar-refractivity contribution is 6.88. The Morgan fingerprint density at radius 2 is 1.56 bits per heavy atom. The van der Waals surface area contributed by atoms with Gasteiger partial charge in [-0.25, -0.2) is 0 Å². The molecule has 0 aliphatic heterocycles. The van der Waals surface area contributed by atoms with Gasteiger partial charge in [-0.3, -0.25) is 0 Å². The zero-order chi connectivity index (χ0) is 13.8. The second-order valence-electron chi connectivity index (χ2n) is 6.70. The smallest absolute Gasteiger partial charge is 0.0775 e. The van der Waals surface area contributed by atoms with Crippen LogP contribution in [0.3, 0.4) is 0 Å². The fraction of sp³-hybridized carbons (Fsp3) is 0.625. The maximum Gasteiger partial charge on any atom is 0.0775 e. The maximum absolute atomic E-state index is 5.88. The number of hydrogen-bond donors (Lipinski definition) is 0. The number of rotatable bonds is 6. The van der Waals surface area contributed by atoms with Crippen LogP contribution in [-0.2, 0) is 11.3 Å². The van der Waals surface area contributed by atoms with Crippen LogP contribution >= 0.6 is 0 Å². The molecule has 0 bridgehead atoms. The molecule has 0 saturated heterocycles. The fourth-order valence-electron chi connectivity index (χ4n) is 2.07. The van der Waals surface area contributed by atoms with Crippen LogP contribution in [0.1, 0.15) is 32.8 Å². The van der Waals surface area contributed by atoms with Gasteiger partial charge in [0.25, 0.3) is 0 Å². The molecule has 0 aliphatic rings. The first-order chi connectivity index (χ1) is 8.29. The molecule has 0 N–H and O–H groups in total. The first kappa shape index (κ1) is 15.5. The highest BCUT2D eigenvalue weighted by atomic mass is 28.3. The highest BCUT2D eigenvalue weighted by Gasteiger charge is 2.15. The Labute approximate surface area is 114 Å². The minimum atomic E-state index is -1.16. The molecular weight excluding hydrogens is 236 g/mol. The van der Waals surface area contributed by atoms with Gasteiger partial charge in [-0.2, -0.15) is 0 Å². The third kappa shape index (κ3) is 5.36. The zero-order valence-corrected chi connectivity index (χ0v) is 13.8. The summed E-state index contributed by atoms with van der Waals surface area (Å²) in [5.74, 6) is 0.703. The standard InChI is InChI=1S/C16H28OSi/c1-13(2)11-14(3)17-12-15-7-9-16(10-8-15)18(4,5)6/h7-10,13-14H,11-12H2,1-6H3. The van der Waals surface area contributed by atoms with Gasteiger partial charge in [-0.1, -0.05) is 62.9 Å². The fourth-order valence-corrected chi connectivity index (χ4v) is 3.24. The Morgan fingerprint density at radius 3 is 2.00 bits per heavy atom. The van der Waals surface area contributed by atoms with Crippen LogP contribution in [0.25, 0.3) is 0 Å². The summed E-state index contributed by atoms with van der Waals surface area (Å²) in [6, 6.07) is 8.99. The molecule has 1 aromatic rings. The lowest BCUT2D eigenvalue weighted by molar-refractivity contribution is 0.0397. The molecule has 0 aliphatic carbocycles. The first-order valence-electron chi connectivity index (χ1n) is 7.00. The average molecular weight is 264 g/mol. The van der Waals surface area contributed by atoms with Gasteiger partial charge in [0.05, 0.1) is 20.8 Å². The van der Waals surface area contributed by atoms with Gasteiger partial charge in [-0.05, 0) is 24.8 Å². The SMILES string of the molecule is CC(C)CC(C)OCc1ccc([Si](C)(C)C)cc1. The van der Waals surface area contributed by atoms with Gasteiger partial charge < -0.3 is 4.74 Å². The Hall–Kier alpha value is -0.603. The van der Waals surface area contributed by atoms with Crippen molar-refractivity contribution in [3.8, 4) is 0 Å². The van der Waals surface area contributed by atoms with E-state index < -0.39 is 8.07 Å². The second-order valence-corrected chi connectivity index (χ2v) is 11.8. The molecule has 1 atom stereocenters. The molecule has 0 heterocycles. The van der Waals surface area contributed by atoms with Gasteiger partial charge in [0, 0.05) is 0 Å². The van der Waals surface area contributed by atoms with Crippen molar-refractivity contribution in [2.45, 2.75) is 59.5 Å². The van der Waals surface area contributed by atoms with E-state index in [1.165, 1.54) is 10.8 Å². The summed E-state index contributed by atoms with van der Waals surface area (Å²) in [6.45, 7) is 14.5. The van der Waals surface area contributed by atoms with Crippen molar-refractivity contribution in [1.82, 2.24) is 0 Å². The molecule has 1 aromatic carbocycles. The van der Waals surface area contributed by atoms with E-state index in [9.17, 15) is 0 Å². The molecule has 0 radical (unpaired) electrons. The molecule has 0 fully saturated rings. The van der Waals surface area contributed by atoms with E-state index in [4.69, 9.17) is 4.74 Å². The summed E-state index contributed by atoms with van der Waals surface area (Å²) in [7, 11) is -1.16. The predicted molar refractivity (Wildman–Crippen MR) is 83.1 cm³/mol. The Bertz CT molecular complexity index is 348. The van der Waals surface area contributed by atoms with Gasteiger partial charge in [0.1, 0.15) is 0 Å². The summed E-state index contributed by atoms with van der Waals surface area (Å²) in [5, 5.41) is 1.52. The van der Waals surface area contributed by atoms with Crippen molar-refractivity contribution in [3.05, 3.63) is 29.8 Å². The zero-order valence-electron chi connectivity index (χ0n) is 12.8. The van der Waals surface area contributed by atoms with E-state index >= 15 is 0 Å². The van der Waals surface area contributed by atoms with Crippen LogP contribution in [0.5, 0.6) is 0 Å². The van der Waals surface area contributed by atoms with Crippen molar-refractivity contribution in [1.29, 1.82) is 0 Å². The van der Waals surface area contributed by atoms with Gasteiger partial charge in [0.15, 0.2) is 0 Å². The number of ether oxygens (including phenoxy) is 1. The van der Waals surface area contributed by atoms with Crippen LogP contribution in [-0.4, -0.2) is 14.2 Å². The van der Waals surface area contributed by atoms with Crippen molar-refractivity contribution < 1.29 is 4.74 Å². The van der Waals surface area contributed by atoms with E-state index in [-0.39, 0.29) is 0 Å². The molecule has 1 nitrogen and oxygen atoms in total. The Morgan fingerprint density at radius 1 is 1.00 bits per heavy atom. The first-order valence-corrected chi connectivity index (χ1v) is 10.5. The summed E-state index contributed by atoms with van der Waals surface area (Å²) in [4.78, 5) is 0.